The van der Waals surface area contributed by atoms with Crippen LogP contribution in [0, 0.1) is 0 Å². The highest BCUT2D eigenvalue weighted by atomic mass is 15.1. The number of hydrogen-bond donors (Lipinski definition) is 2. The largest absolute Gasteiger partial charge is 0.309 e. The van der Waals surface area contributed by atoms with Gasteiger partial charge in [-0.05, 0) is 38.5 Å². The van der Waals surface area contributed by atoms with Crippen LogP contribution in [0.15, 0.2) is 38.0 Å². The lowest BCUT2D eigenvalue weighted by atomic mass is 9.83. The van der Waals surface area contributed by atoms with Crippen molar-refractivity contribution in [1.29, 1.82) is 0 Å². The van der Waals surface area contributed by atoms with Crippen LogP contribution < -0.4 is 10.6 Å². The lowest BCUT2D eigenvalue weighted by Gasteiger charge is -2.38. The van der Waals surface area contributed by atoms with Crippen molar-refractivity contribution in [2.75, 3.05) is 0 Å². The standard InChI is InChI=1S/C18H30N2/c1-4-9-15-14-18(12-5-2,13-6-3)20-17-11-8-7-10-16(17)19-15/h4-6,15-17,19-20H,1-3,7-14H2. The summed E-state index contributed by atoms with van der Waals surface area (Å²) in [6, 6.07) is 1.73. The van der Waals surface area contributed by atoms with Gasteiger partial charge in [-0.15, -0.1) is 19.7 Å². The van der Waals surface area contributed by atoms with Crippen molar-refractivity contribution in [2.45, 2.75) is 75.0 Å². The highest BCUT2D eigenvalue weighted by Crippen LogP contribution is 2.32. The summed E-state index contributed by atoms with van der Waals surface area (Å²) in [4.78, 5) is 0. The van der Waals surface area contributed by atoms with Gasteiger partial charge in [-0.3, -0.25) is 0 Å². The minimum Gasteiger partial charge on any atom is -0.309 e. The minimum absolute atomic E-state index is 0.126. The Morgan fingerprint density at radius 2 is 1.60 bits per heavy atom. The summed E-state index contributed by atoms with van der Waals surface area (Å²) < 4.78 is 0. The van der Waals surface area contributed by atoms with E-state index in [1.54, 1.807) is 0 Å². The van der Waals surface area contributed by atoms with Gasteiger partial charge in [0.15, 0.2) is 0 Å². The van der Waals surface area contributed by atoms with E-state index in [0.29, 0.717) is 18.1 Å². The molecular weight excluding hydrogens is 244 g/mol. The van der Waals surface area contributed by atoms with E-state index in [4.69, 9.17) is 0 Å². The molecule has 2 aliphatic rings. The maximum atomic E-state index is 3.98. The number of fused-ring (bicyclic) bond motifs is 1. The molecule has 0 aromatic rings. The molecule has 1 saturated carbocycles. The Balaban J connectivity index is 2.22. The van der Waals surface area contributed by atoms with E-state index < -0.39 is 0 Å². The van der Waals surface area contributed by atoms with Crippen molar-refractivity contribution in [3.63, 3.8) is 0 Å². The molecule has 3 unspecified atom stereocenters. The molecule has 0 bridgehead atoms. The van der Waals surface area contributed by atoms with Gasteiger partial charge >= 0.3 is 0 Å². The van der Waals surface area contributed by atoms with Gasteiger partial charge < -0.3 is 10.6 Å². The second-order valence-corrected chi connectivity index (χ2v) is 6.50. The van der Waals surface area contributed by atoms with Crippen LogP contribution in [0.1, 0.15) is 51.4 Å². The van der Waals surface area contributed by atoms with Gasteiger partial charge in [0.2, 0.25) is 0 Å². The molecule has 2 heteroatoms. The molecule has 2 rings (SSSR count). The van der Waals surface area contributed by atoms with Gasteiger partial charge in [-0.2, -0.15) is 0 Å². The second-order valence-electron chi connectivity index (χ2n) is 6.50. The summed E-state index contributed by atoms with van der Waals surface area (Å²) in [7, 11) is 0. The summed E-state index contributed by atoms with van der Waals surface area (Å²) in [5.41, 5.74) is 0.126. The third-order valence-corrected chi connectivity index (χ3v) is 4.87. The van der Waals surface area contributed by atoms with Crippen LogP contribution in [0.5, 0.6) is 0 Å². The van der Waals surface area contributed by atoms with Crippen molar-refractivity contribution in [3.05, 3.63) is 38.0 Å². The molecule has 1 heterocycles. The van der Waals surface area contributed by atoms with Gasteiger partial charge in [0.05, 0.1) is 0 Å². The molecule has 0 aromatic heterocycles. The molecule has 0 aromatic carbocycles. The lowest BCUT2D eigenvalue weighted by molar-refractivity contribution is 0.239. The first-order chi connectivity index (χ1) is 9.73. The summed E-state index contributed by atoms with van der Waals surface area (Å²) in [5, 5.41) is 7.87. The zero-order chi connectivity index (χ0) is 14.4. The Morgan fingerprint density at radius 1 is 0.950 bits per heavy atom. The summed E-state index contributed by atoms with van der Waals surface area (Å²) in [6.45, 7) is 11.9. The molecule has 112 valence electrons. The topological polar surface area (TPSA) is 24.1 Å². The summed E-state index contributed by atoms with van der Waals surface area (Å²) in [5.74, 6) is 0. The summed E-state index contributed by atoms with van der Waals surface area (Å²) in [6.07, 6.45) is 15.6. The number of rotatable bonds is 6. The Kier molecular flexibility index (Phi) is 5.62. The SMILES string of the molecule is C=CCC1CC(CC=C)(CC=C)NC2CCCCC2N1. The maximum absolute atomic E-state index is 3.98. The first kappa shape index (κ1) is 15.5. The van der Waals surface area contributed by atoms with Crippen LogP contribution in [-0.2, 0) is 0 Å². The van der Waals surface area contributed by atoms with E-state index in [1.165, 1.54) is 25.7 Å². The van der Waals surface area contributed by atoms with E-state index in [2.05, 4.69) is 42.5 Å². The van der Waals surface area contributed by atoms with Gasteiger partial charge in [0, 0.05) is 23.7 Å². The van der Waals surface area contributed by atoms with E-state index in [0.717, 1.165) is 25.7 Å². The zero-order valence-corrected chi connectivity index (χ0v) is 12.7. The smallest absolute Gasteiger partial charge is 0.0268 e. The highest BCUT2D eigenvalue weighted by molar-refractivity contribution is 5.07. The minimum atomic E-state index is 0.126. The molecule has 1 aliphatic heterocycles. The maximum Gasteiger partial charge on any atom is 0.0268 e. The van der Waals surface area contributed by atoms with Crippen molar-refractivity contribution in [1.82, 2.24) is 10.6 Å². The molecule has 0 amide bonds. The van der Waals surface area contributed by atoms with Crippen LogP contribution in [0.4, 0.5) is 0 Å². The van der Waals surface area contributed by atoms with Crippen LogP contribution in [-0.4, -0.2) is 23.7 Å². The Morgan fingerprint density at radius 3 is 2.20 bits per heavy atom. The van der Waals surface area contributed by atoms with Crippen molar-refractivity contribution >= 4 is 0 Å². The quantitative estimate of drug-likeness (QED) is 0.721. The predicted octanol–water partition coefficient (Wildman–Crippen LogP) is 3.72. The molecular formula is C18H30N2. The van der Waals surface area contributed by atoms with Crippen LogP contribution in [0.2, 0.25) is 0 Å². The van der Waals surface area contributed by atoms with Gasteiger partial charge in [0.25, 0.3) is 0 Å². The van der Waals surface area contributed by atoms with Gasteiger partial charge in [-0.25, -0.2) is 0 Å². The fourth-order valence-electron chi connectivity index (χ4n) is 4.06. The van der Waals surface area contributed by atoms with Gasteiger partial charge in [0.1, 0.15) is 0 Å². The molecule has 20 heavy (non-hydrogen) atoms. The average Bonchev–Trinajstić information content (AvgIpc) is 2.56. The van der Waals surface area contributed by atoms with Crippen molar-refractivity contribution in [3.8, 4) is 0 Å². The van der Waals surface area contributed by atoms with Crippen molar-refractivity contribution < 1.29 is 0 Å². The zero-order valence-electron chi connectivity index (χ0n) is 12.7. The van der Waals surface area contributed by atoms with Crippen molar-refractivity contribution in [2.24, 2.45) is 0 Å². The Labute approximate surface area is 124 Å². The second kappa shape index (κ2) is 7.24. The highest BCUT2D eigenvalue weighted by Gasteiger charge is 2.40. The fourth-order valence-corrected chi connectivity index (χ4v) is 4.06. The van der Waals surface area contributed by atoms with Crippen LogP contribution >= 0.6 is 0 Å². The molecule has 2 fully saturated rings. The van der Waals surface area contributed by atoms with E-state index in [9.17, 15) is 0 Å². The first-order valence-electron chi connectivity index (χ1n) is 8.09. The van der Waals surface area contributed by atoms with E-state index in [1.807, 2.05) is 6.08 Å². The molecule has 2 N–H and O–H groups in total. The molecule has 2 nitrogen and oxygen atoms in total. The van der Waals surface area contributed by atoms with Crippen LogP contribution in [0.25, 0.3) is 0 Å². The predicted molar refractivity (Wildman–Crippen MR) is 87.9 cm³/mol. The fraction of sp³-hybridized carbons (Fsp3) is 0.667. The monoisotopic (exact) mass is 274 g/mol. The average molecular weight is 274 g/mol. The Hall–Kier alpha value is -0.860. The first-order valence-corrected chi connectivity index (χ1v) is 8.09. The third kappa shape index (κ3) is 3.62. The van der Waals surface area contributed by atoms with Crippen LogP contribution in [0.3, 0.4) is 0 Å². The Bertz CT molecular complexity index is 337. The lowest BCUT2D eigenvalue weighted by Crippen LogP contribution is -2.54. The molecule has 3 atom stereocenters. The van der Waals surface area contributed by atoms with E-state index >= 15 is 0 Å². The normalized spacial score (nSPS) is 32.7. The number of hydrogen-bond acceptors (Lipinski definition) is 2. The van der Waals surface area contributed by atoms with E-state index in [-0.39, 0.29) is 5.54 Å². The third-order valence-electron chi connectivity index (χ3n) is 4.87. The summed E-state index contributed by atoms with van der Waals surface area (Å²) >= 11 is 0. The molecule has 1 saturated heterocycles. The molecule has 1 aliphatic carbocycles. The molecule has 0 spiro atoms. The molecule has 0 radical (unpaired) electrons. The van der Waals surface area contributed by atoms with Gasteiger partial charge in [-0.1, -0.05) is 31.1 Å². The number of nitrogens with one attached hydrogen (secondary N) is 2.